The summed E-state index contributed by atoms with van der Waals surface area (Å²) in [6.07, 6.45) is 1.21. The highest BCUT2D eigenvalue weighted by Gasteiger charge is 2.33. The number of amides is 1. The Morgan fingerprint density at radius 3 is 2.64 bits per heavy atom. The summed E-state index contributed by atoms with van der Waals surface area (Å²) in [5, 5.41) is 12.8. The van der Waals surface area contributed by atoms with Crippen molar-refractivity contribution in [2.45, 2.75) is 25.5 Å². The highest BCUT2D eigenvalue weighted by molar-refractivity contribution is 7.88. The van der Waals surface area contributed by atoms with Crippen LogP contribution in [0.15, 0.2) is 42.5 Å². The van der Waals surface area contributed by atoms with Crippen LogP contribution in [0.2, 0.25) is 10.0 Å². The predicted molar refractivity (Wildman–Crippen MR) is 132 cm³/mol. The number of sulfonamides is 1. The molecule has 11 heteroatoms. The van der Waals surface area contributed by atoms with Crippen molar-refractivity contribution in [2.24, 2.45) is 5.92 Å². The number of nitrogens with one attached hydrogen (secondary N) is 1. The van der Waals surface area contributed by atoms with Gasteiger partial charge in [-0.3, -0.25) is 4.79 Å². The maximum absolute atomic E-state index is 13.0. The summed E-state index contributed by atoms with van der Waals surface area (Å²) >= 11 is 13.2. The van der Waals surface area contributed by atoms with Crippen LogP contribution >= 0.6 is 34.5 Å². The molecule has 174 valence electrons. The Morgan fingerprint density at radius 2 is 1.91 bits per heavy atom. The van der Waals surface area contributed by atoms with Gasteiger partial charge in [0.2, 0.25) is 21.1 Å². The van der Waals surface area contributed by atoms with Crippen molar-refractivity contribution in [2.75, 3.05) is 18.4 Å². The van der Waals surface area contributed by atoms with Gasteiger partial charge in [0.25, 0.3) is 0 Å². The molecule has 4 rings (SSSR count). The average molecular weight is 525 g/mol. The molecule has 1 saturated heterocycles. The standard InChI is InChI=1S/C22H22Cl2N4O3S2/c1-14-4-7-16(8-5-14)21-26-27-22(32-21)25-20(29)17-3-2-10-28(12-17)33(30,31)13-15-6-9-18(23)19(24)11-15/h4-9,11,17H,2-3,10,12-13H2,1H3,(H,25,27,29)/t17-/m0/s1. The number of anilines is 1. The van der Waals surface area contributed by atoms with Gasteiger partial charge in [-0.15, -0.1) is 10.2 Å². The molecule has 0 spiro atoms. The van der Waals surface area contributed by atoms with Crippen LogP contribution in [-0.4, -0.2) is 41.9 Å². The van der Waals surface area contributed by atoms with E-state index in [2.05, 4.69) is 15.5 Å². The van der Waals surface area contributed by atoms with E-state index in [9.17, 15) is 13.2 Å². The number of rotatable bonds is 6. The molecule has 0 aliphatic carbocycles. The first-order valence-corrected chi connectivity index (χ1v) is 13.5. The molecule has 1 fully saturated rings. The van der Waals surface area contributed by atoms with Crippen LogP contribution < -0.4 is 5.32 Å². The van der Waals surface area contributed by atoms with Crippen LogP contribution in [0.4, 0.5) is 5.13 Å². The maximum atomic E-state index is 13.0. The fourth-order valence-electron chi connectivity index (χ4n) is 3.63. The number of hydrogen-bond donors (Lipinski definition) is 1. The van der Waals surface area contributed by atoms with Crippen LogP contribution in [0.25, 0.3) is 10.6 Å². The molecule has 2 heterocycles. The summed E-state index contributed by atoms with van der Waals surface area (Å²) in [5.41, 5.74) is 2.62. The molecule has 1 atom stereocenters. The average Bonchev–Trinajstić information content (AvgIpc) is 3.25. The molecule has 7 nitrogen and oxygen atoms in total. The first-order chi connectivity index (χ1) is 15.7. The van der Waals surface area contributed by atoms with Crippen molar-refractivity contribution in [1.82, 2.24) is 14.5 Å². The summed E-state index contributed by atoms with van der Waals surface area (Å²) in [7, 11) is -3.61. The molecule has 33 heavy (non-hydrogen) atoms. The van der Waals surface area contributed by atoms with Crippen LogP contribution in [0.1, 0.15) is 24.0 Å². The van der Waals surface area contributed by atoms with Crippen LogP contribution in [0, 0.1) is 12.8 Å². The fraction of sp³-hybridized carbons (Fsp3) is 0.318. The Morgan fingerprint density at radius 1 is 1.15 bits per heavy atom. The smallest absolute Gasteiger partial charge is 0.230 e. The third-order valence-corrected chi connectivity index (χ3v) is 8.88. The van der Waals surface area contributed by atoms with Crippen molar-refractivity contribution >= 4 is 55.6 Å². The zero-order chi connectivity index (χ0) is 23.6. The minimum Gasteiger partial charge on any atom is -0.300 e. The number of aromatic nitrogens is 2. The van der Waals surface area contributed by atoms with E-state index in [0.29, 0.717) is 45.1 Å². The number of carbonyl (C=O) groups is 1. The number of piperidine rings is 1. The molecule has 1 aromatic heterocycles. The van der Waals surface area contributed by atoms with Gasteiger partial charge in [-0.2, -0.15) is 0 Å². The monoisotopic (exact) mass is 524 g/mol. The third kappa shape index (κ3) is 5.91. The normalized spacial score (nSPS) is 17.1. The highest BCUT2D eigenvalue weighted by atomic mass is 35.5. The topological polar surface area (TPSA) is 92.3 Å². The number of benzene rings is 2. The van der Waals surface area contributed by atoms with E-state index in [4.69, 9.17) is 23.2 Å². The first kappa shape index (κ1) is 24.1. The molecule has 3 aromatic rings. The Bertz CT molecular complexity index is 1260. The zero-order valence-electron chi connectivity index (χ0n) is 17.8. The molecule has 0 bridgehead atoms. The van der Waals surface area contributed by atoms with Gasteiger partial charge in [0.05, 0.1) is 21.7 Å². The van der Waals surface area contributed by atoms with E-state index in [1.165, 1.54) is 15.6 Å². The van der Waals surface area contributed by atoms with Crippen molar-refractivity contribution in [3.8, 4) is 10.6 Å². The van der Waals surface area contributed by atoms with Crippen LogP contribution in [0.3, 0.4) is 0 Å². The lowest BCUT2D eigenvalue weighted by Gasteiger charge is -2.31. The molecule has 1 aliphatic rings. The van der Waals surface area contributed by atoms with Gasteiger partial charge in [-0.1, -0.05) is 70.4 Å². The van der Waals surface area contributed by atoms with E-state index >= 15 is 0 Å². The first-order valence-electron chi connectivity index (χ1n) is 10.3. The minimum atomic E-state index is -3.61. The fourth-order valence-corrected chi connectivity index (χ4v) is 6.30. The van der Waals surface area contributed by atoms with Crippen molar-refractivity contribution < 1.29 is 13.2 Å². The lowest BCUT2D eigenvalue weighted by atomic mass is 9.99. The zero-order valence-corrected chi connectivity index (χ0v) is 20.9. The van der Waals surface area contributed by atoms with Crippen molar-refractivity contribution in [1.29, 1.82) is 0 Å². The SMILES string of the molecule is Cc1ccc(-c2nnc(NC(=O)[C@H]3CCCN(S(=O)(=O)Cc4ccc(Cl)c(Cl)c4)C3)s2)cc1. The Kier molecular flexibility index (Phi) is 7.35. The van der Waals surface area contributed by atoms with Crippen molar-refractivity contribution in [3.05, 3.63) is 63.6 Å². The summed E-state index contributed by atoms with van der Waals surface area (Å²) in [6, 6.07) is 12.7. The van der Waals surface area contributed by atoms with Crippen molar-refractivity contribution in [3.63, 3.8) is 0 Å². The van der Waals surface area contributed by atoms with Crippen LogP contribution in [-0.2, 0) is 20.6 Å². The highest BCUT2D eigenvalue weighted by Crippen LogP contribution is 2.29. The Hall–Kier alpha value is -2.04. The summed E-state index contributed by atoms with van der Waals surface area (Å²) in [6.45, 7) is 2.51. The molecular weight excluding hydrogens is 503 g/mol. The molecule has 2 aromatic carbocycles. The lowest BCUT2D eigenvalue weighted by Crippen LogP contribution is -2.44. The Labute approximate surface area is 206 Å². The van der Waals surface area contributed by atoms with Gasteiger partial charge in [-0.25, -0.2) is 12.7 Å². The molecule has 0 saturated carbocycles. The van der Waals surface area contributed by atoms with Gasteiger partial charge >= 0.3 is 0 Å². The number of halogens is 2. The van der Waals surface area contributed by atoms with E-state index in [-0.39, 0.29) is 18.2 Å². The largest absolute Gasteiger partial charge is 0.300 e. The quantitative estimate of drug-likeness (QED) is 0.489. The van der Waals surface area contributed by atoms with Gasteiger partial charge in [0, 0.05) is 18.7 Å². The Balaban J connectivity index is 1.40. The third-order valence-electron chi connectivity index (χ3n) is 5.44. The molecule has 1 aliphatic heterocycles. The van der Waals surface area contributed by atoms with Gasteiger partial charge in [0.1, 0.15) is 5.01 Å². The molecule has 0 unspecified atom stereocenters. The number of aryl methyl sites for hydroxylation is 1. The number of hydrogen-bond acceptors (Lipinski definition) is 6. The summed E-state index contributed by atoms with van der Waals surface area (Å²) in [5.74, 6) is -0.917. The second-order valence-electron chi connectivity index (χ2n) is 7.97. The number of carbonyl (C=O) groups excluding carboxylic acids is 1. The second kappa shape index (κ2) is 10.1. The van der Waals surface area contributed by atoms with E-state index in [1.807, 2.05) is 31.2 Å². The van der Waals surface area contributed by atoms with Gasteiger partial charge < -0.3 is 5.32 Å². The van der Waals surface area contributed by atoms with Gasteiger partial charge in [0.15, 0.2) is 0 Å². The van der Waals surface area contributed by atoms with E-state index in [1.54, 1.807) is 18.2 Å². The summed E-state index contributed by atoms with van der Waals surface area (Å²) < 4.78 is 27.3. The minimum absolute atomic E-state index is 0.124. The van der Waals surface area contributed by atoms with E-state index in [0.717, 1.165) is 11.1 Å². The molecule has 0 radical (unpaired) electrons. The maximum Gasteiger partial charge on any atom is 0.230 e. The number of nitrogens with zero attached hydrogens (tertiary/aromatic N) is 3. The van der Waals surface area contributed by atoms with Crippen LogP contribution in [0.5, 0.6) is 0 Å². The van der Waals surface area contributed by atoms with Gasteiger partial charge in [-0.05, 0) is 37.5 Å². The molecule has 1 N–H and O–H groups in total. The summed E-state index contributed by atoms with van der Waals surface area (Å²) in [4.78, 5) is 12.8. The molecular formula is C22H22Cl2N4O3S2. The second-order valence-corrected chi connectivity index (χ2v) is 11.7. The lowest BCUT2D eigenvalue weighted by molar-refractivity contribution is -0.120. The van der Waals surface area contributed by atoms with E-state index < -0.39 is 15.9 Å². The molecule has 1 amide bonds. The predicted octanol–water partition coefficient (Wildman–Crippen LogP) is 5.00.